The lowest BCUT2D eigenvalue weighted by atomic mass is 10.1. The average Bonchev–Trinajstić information content (AvgIpc) is 3.02. The van der Waals surface area contributed by atoms with E-state index in [1.807, 2.05) is 0 Å². The average molecular weight is 295 g/mol. The van der Waals surface area contributed by atoms with E-state index in [1.165, 1.54) is 18.9 Å². The Labute approximate surface area is 123 Å². The molecule has 0 aromatic heterocycles. The number of nitrogens with two attached hydrogens (primary N) is 1. The second-order valence-corrected chi connectivity index (χ2v) is 5.40. The molecule has 0 aliphatic heterocycles. The molecule has 0 bridgehead atoms. The second-order valence-electron chi connectivity index (χ2n) is 5.40. The maximum absolute atomic E-state index is 14.4. The number of hydrogen-bond donors (Lipinski definition) is 3. The quantitative estimate of drug-likeness (QED) is 0.323. The Balaban J connectivity index is 2.20. The molecule has 1 aromatic carbocycles. The molecule has 0 amide bonds. The van der Waals surface area contributed by atoms with Gasteiger partial charge in [-0.15, -0.1) is 0 Å². The van der Waals surface area contributed by atoms with Crippen molar-refractivity contribution in [1.82, 2.24) is 4.90 Å². The summed E-state index contributed by atoms with van der Waals surface area (Å²) in [7, 11) is 0. The van der Waals surface area contributed by atoms with Crippen LogP contribution in [0.3, 0.4) is 0 Å². The van der Waals surface area contributed by atoms with Crippen LogP contribution in [0.2, 0.25) is 0 Å². The normalized spacial score (nSPS) is 16.8. The molecule has 0 atom stereocenters. The van der Waals surface area contributed by atoms with Crippen LogP contribution in [0.5, 0.6) is 0 Å². The minimum atomic E-state index is -0.464. The number of benzene rings is 1. The number of rotatable bonds is 6. The first kappa shape index (κ1) is 15.7. The van der Waals surface area contributed by atoms with E-state index in [0.29, 0.717) is 24.7 Å². The molecular weight excluding hydrogens is 273 g/mol. The number of nitrogens with zero attached hydrogens (tertiary/aromatic N) is 2. The Kier molecular flexibility index (Phi) is 5.52. The van der Waals surface area contributed by atoms with Crippen molar-refractivity contribution in [1.29, 1.82) is 0 Å². The SMILES string of the molecule is N/C(=N/O)c1cccc(CN(CCO)C2CCCC2)c1F. The Morgan fingerprint density at radius 2 is 2.10 bits per heavy atom. The molecule has 0 heterocycles. The van der Waals surface area contributed by atoms with Crippen LogP contribution in [0.15, 0.2) is 23.4 Å². The summed E-state index contributed by atoms with van der Waals surface area (Å²) < 4.78 is 14.4. The van der Waals surface area contributed by atoms with Gasteiger partial charge in [0.15, 0.2) is 5.84 Å². The van der Waals surface area contributed by atoms with Gasteiger partial charge in [0.05, 0.1) is 12.2 Å². The number of hydrogen-bond acceptors (Lipinski definition) is 4. The van der Waals surface area contributed by atoms with Gasteiger partial charge >= 0.3 is 0 Å². The van der Waals surface area contributed by atoms with Gasteiger partial charge in [-0.2, -0.15) is 0 Å². The van der Waals surface area contributed by atoms with Gasteiger partial charge in [-0.25, -0.2) is 4.39 Å². The maximum Gasteiger partial charge on any atom is 0.173 e. The summed E-state index contributed by atoms with van der Waals surface area (Å²) in [4.78, 5) is 2.11. The van der Waals surface area contributed by atoms with E-state index in [1.54, 1.807) is 12.1 Å². The molecule has 1 aliphatic carbocycles. The largest absolute Gasteiger partial charge is 0.409 e. The zero-order valence-electron chi connectivity index (χ0n) is 12.0. The van der Waals surface area contributed by atoms with Crippen molar-refractivity contribution in [2.75, 3.05) is 13.2 Å². The van der Waals surface area contributed by atoms with Crippen LogP contribution in [0.25, 0.3) is 0 Å². The lowest BCUT2D eigenvalue weighted by molar-refractivity contribution is 0.143. The molecule has 0 saturated heterocycles. The van der Waals surface area contributed by atoms with E-state index in [0.717, 1.165) is 12.8 Å². The third-order valence-corrected chi connectivity index (χ3v) is 4.06. The fraction of sp³-hybridized carbons (Fsp3) is 0.533. The highest BCUT2D eigenvalue weighted by Gasteiger charge is 2.23. The molecule has 1 aromatic rings. The van der Waals surface area contributed by atoms with Crippen LogP contribution < -0.4 is 5.73 Å². The zero-order chi connectivity index (χ0) is 15.2. The Morgan fingerprint density at radius 1 is 1.38 bits per heavy atom. The molecule has 1 fully saturated rings. The van der Waals surface area contributed by atoms with Gasteiger partial charge in [-0.1, -0.05) is 30.1 Å². The van der Waals surface area contributed by atoms with Gasteiger partial charge in [-0.05, 0) is 18.9 Å². The molecule has 5 nitrogen and oxygen atoms in total. The first-order chi connectivity index (χ1) is 10.2. The Hall–Kier alpha value is -1.66. The lowest BCUT2D eigenvalue weighted by Gasteiger charge is -2.28. The third-order valence-electron chi connectivity index (χ3n) is 4.06. The summed E-state index contributed by atoms with van der Waals surface area (Å²) in [6, 6.07) is 5.27. The maximum atomic E-state index is 14.4. The first-order valence-electron chi connectivity index (χ1n) is 7.27. The molecule has 0 spiro atoms. The van der Waals surface area contributed by atoms with E-state index in [2.05, 4.69) is 10.1 Å². The molecule has 0 unspecified atom stereocenters. The summed E-state index contributed by atoms with van der Waals surface area (Å²) in [6.45, 7) is 1.000. The van der Waals surface area contributed by atoms with E-state index in [-0.39, 0.29) is 18.0 Å². The van der Waals surface area contributed by atoms with Gasteiger partial charge in [0.1, 0.15) is 5.82 Å². The topological polar surface area (TPSA) is 82.1 Å². The molecular formula is C15H22FN3O2. The molecule has 21 heavy (non-hydrogen) atoms. The van der Waals surface area contributed by atoms with Gasteiger partial charge in [-0.3, -0.25) is 4.90 Å². The van der Waals surface area contributed by atoms with Crippen molar-refractivity contribution in [3.8, 4) is 0 Å². The van der Waals surface area contributed by atoms with E-state index >= 15 is 0 Å². The molecule has 116 valence electrons. The highest BCUT2D eigenvalue weighted by Crippen LogP contribution is 2.25. The molecule has 0 radical (unpaired) electrons. The smallest absolute Gasteiger partial charge is 0.173 e. The zero-order valence-corrected chi connectivity index (χ0v) is 12.0. The fourth-order valence-electron chi connectivity index (χ4n) is 2.96. The van der Waals surface area contributed by atoms with Crippen LogP contribution in [0.4, 0.5) is 4.39 Å². The monoisotopic (exact) mass is 295 g/mol. The van der Waals surface area contributed by atoms with Crippen LogP contribution in [-0.4, -0.2) is 40.2 Å². The van der Waals surface area contributed by atoms with Crippen molar-refractivity contribution in [2.45, 2.75) is 38.3 Å². The fourth-order valence-corrected chi connectivity index (χ4v) is 2.96. The van der Waals surface area contributed by atoms with Gasteiger partial charge < -0.3 is 16.0 Å². The van der Waals surface area contributed by atoms with Gasteiger partial charge in [0, 0.05) is 24.7 Å². The van der Waals surface area contributed by atoms with Crippen LogP contribution in [0, 0.1) is 5.82 Å². The summed E-state index contributed by atoms with van der Waals surface area (Å²) in [5.41, 5.74) is 6.08. The standard InChI is InChI=1S/C15H22FN3O2/c16-14-11(4-3-7-13(14)15(17)18-21)10-19(8-9-20)12-5-1-2-6-12/h3-4,7,12,20-21H,1-2,5-6,8-10H2,(H2,17,18). The molecule has 1 aliphatic rings. The summed E-state index contributed by atoms with van der Waals surface area (Å²) in [5.74, 6) is -0.697. The van der Waals surface area contributed by atoms with Crippen LogP contribution in [0.1, 0.15) is 36.8 Å². The van der Waals surface area contributed by atoms with Crippen molar-refractivity contribution in [3.63, 3.8) is 0 Å². The first-order valence-corrected chi connectivity index (χ1v) is 7.27. The number of aliphatic hydroxyl groups is 1. The highest BCUT2D eigenvalue weighted by atomic mass is 19.1. The van der Waals surface area contributed by atoms with Crippen molar-refractivity contribution in [2.24, 2.45) is 10.9 Å². The van der Waals surface area contributed by atoms with E-state index in [9.17, 15) is 9.50 Å². The molecule has 4 N–H and O–H groups in total. The van der Waals surface area contributed by atoms with E-state index in [4.69, 9.17) is 10.9 Å². The predicted octanol–water partition coefficient (Wildman–Crippen LogP) is 1.66. The summed E-state index contributed by atoms with van der Waals surface area (Å²) >= 11 is 0. The third kappa shape index (κ3) is 3.71. The summed E-state index contributed by atoms with van der Waals surface area (Å²) in [5, 5.41) is 20.8. The molecule has 6 heteroatoms. The van der Waals surface area contributed by atoms with Crippen LogP contribution >= 0.6 is 0 Å². The minimum Gasteiger partial charge on any atom is -0.409 e. The number of aliphatic hydroxyl groups excluding tert-OH is 1. The molecule has 1 saturated carbocycles. The highest BCUT2D eigenvalue weighted by molar-refractivity contribution is 5.97. The van der Waals surface area contributed by atoms with Crippen molar-refractivity contribution < 1.29 is 14.7 Å². The van der Waals surface area contributed by atoms with Gasteiger partial charge in [0.25, 0.3) is 0 Å². The second kappa shape index (κ2) is 7.38. The molecule has 2 rings (SSSR count). The van der Waals surface area contributed by atoms with Crippen molar-refractivity contribution in [3.05, 3.63) is 35.1 Å². The number of amidine groups is 1. The van der Waals surface area contributed by atoms with Gasteiger partial charge in [0.2, 0.25) is 0 Å². The number of oxime groups is 1. The Morgan fingerprint density at radius 3 is 2.71 bits per heavy atom. The minimum absolute atomic E-state index is 0.0536. The Bertz CT molecular complexity index is 502. The summed E-state index contributed by atoms with van der Waals surface area (Å²) in [6.07, 6.45) is 4.53. The predicted molar refractivity (Wildman–Crippen MR) is 78.7 cm³/mol. The number of halogens is 1. The lowest BCUT2D eigenvalue weighted by Crippen LogP contribution is -2.35. The van der Waals surface area contributed by atoms with Crippen molar-refractivity contribution >= 4 is 5.84 Å². The van der Waals surface area contributed by atoms with E-state index < -0.39 is 5.82 Å². The van der Waals surface area contributed by atoms with Crippen LogP contribution in [-0.2, 0) is 6.54 Å².